The molecule has 2 amide bonds. The normalized spacial score (nSPS) is 19.2. The molecule has 30 heavy (non-hydrogen) atoms. The lowest BCUT2D eigenvalue weighted by atomic mass is 9.80. The highest BCUT2D eigenvalue weighted by molar-refractivity contribution is 7.11. The maximum atomic E-state index is 13.1. The highest BCUT2D eigenvalue weighted by Gasteiger charge is 2.39. The number of piperidine rings is 1. The molecule has 6 nitrogen and oxygen atoms in total. The SMILES string of the molecule is Cc1nc2ccc(C(=O)N3CCC[C@@](C)(C(=O)NCCc4ccc(C)s4)C3)cc2[nH]1. The zero-order valence-corrected chi connectivity index (χ0v) is 18.6. The van der Waals surface area contributed by atoms with Crippen LogP contribution in [0.15, 0.2) is 30.3 Å². The Kier molecular flexibility index (Phi) is 5.64. The van der Waals surface area contributed by atoms with Crippen molar-refractivity contribution < 1.29 is 9.59 Å². The summed E-state index contributed by atoms with van der Waals surface area (Å²) in [5.74, 6) is 0.833. The minimum Gasteiger partial charge on any atom is -0.355 e. The van der Waals surface area contributed by atoms with Gasteiger partial charge in [-0.2, -0.15) is 0 Å². The van der Waals surface area contributed by atoms with E-state index in [1.54, 1.807) is 11.3 Å². The fraction of sp³-hybridized carbons (Fsp3) is 0.435. The molecule has 0 bridgehead atoms. The van der Waals surface area contributed by atoms with Crippen LogP contribution in [0.25, 0.3) is 11.0 Å². The molecule has 1 saturated heterocycles. The molecule has 1 aliphatic rings. The monoisotopic (exact) mass is 424 g/mol. The molecule has 158 valence electrons. The largest absolute Gasteiger partial charge is 0.355 e. The molecule has 2 aromatic heterocycles. The van der Waals surface area contributed by atoms with Gasteiger partial charge in [0.2, 0.25) is 5.91 Å². The average Bonchev–Trinajstić information content (AvgIpc) is 3.30. The first-order valence-corrected chi connectivity index (χ1v) is 11.2. The van der Waals surface area contributed by atoms with Crippen molar-refractivity contribution in [3.05, 3.63) is 51.5 Å². The number of carbonyl (C=O) groups is 2. The summed E-state index contributed by atoms with van der Waals surface area (Å²) < 4.78 is 0. The maximum Gasteiger partial charge on any atom is 0.253 e. The summed E-state index contributed by atoms with van der Waals surface area (Å²) in [4.78, 5) is 38.0. The second-order valence-electron chi connectivity index (χ2n) is 8.46. The molecular formula is C23H28N4O2S. The lowest BCUT2D eigenvalue weighted by Gasteiger charge is -2.39. The van der Waals surface area contributed by atoms with Gasteiger partial charge in [0, 0.05) is 35.0 Å². The Labute approximate surface area is 180 Å². The van der Waals surface area contributed by atoms with Gasteiger partial charge in [-0.1, -0.05) is 0 Å². The molecule has 0 unspecified atom stereocenters. The van der Waals surface area contributed by atoms with Crippen molar-refractivity contribution >= 4 is 34.2 Å². The lowest BCUT2D eigenvalue weighted by Crippen LogP contribution is -2.52. The van der Waals surface area contributed by atoms with Crippen molar-refractivity contribution in [3.63, 3.8) is 0 Å². The van der Waals surface area contributed by atoms with Crippen molar-refractivity contribution in [2.24, 2.45) is 5.41 Å². The number of benzene rings is 1. The molecule has 4 rings (SSSR count). The second-order valence-corrected chi connectivity index (χ2v) is 9.84. The van der Waals surface area contributed by atoms with Crippen LogP contribution in [0.3, 0.4) is 0 Å². The van der Waals surface area contributed by atoms with Crippen molar-refractivity contribution in [2.45, 2.75) is 40.0 Å². The molecule has 0 aliphatic carbocycles. The Hall–Kier alpha value is -2.67. The van der Waals surface area contributed by atoms with Crippen LogP contribution in [-0.2, 0) is 11.2 Å². The number of nitrogens with one attached hydrogen (secondary N) is 2. The number of likely N-dealkylation sites (tertiary alicyclic amines) is 1. The predicted octanol–water partition coefficient (Wildman–Crippen LogP) is 3.84. The summed E-state index contributed by atoms with van der Waals surface area (Å²) in [6, 6.07) is 9.77. The van der Waals surface area contributed by atoms with Gasteiger partial charge in [0.15, 0.2) is 0 Å². The molecule has 1 fully saturated rings. The number of aromatic nitrogens is 2. The molecular weight excluding hydrogens is 396 g/mol. The summed E-state index contributed by atoms with van der Waals surface area (Å²) >= 11 is 1.77. The van der Waals surface area contributed by atoms with Gasteiger partial charge in [-0.3, -0.25) is 9.59 Å². The van der Waals surface area contributed by atoms with Gasteiger partial charge in [-0.15, -0.1) is 11.3 Å². The van der Waals surface area contributed by atoms with Gasteiger partial charge in [0.1, 0.15) is 5.82 Å². The van der Waals surface area contributed by atoms with E-state index < -0.39 is 5.41 Å². The Morgan fingerprint density at radius 2 is 2.10 bits per heavy atom. The van der Waals surface area contributed by atoms with Crippen molar-refractivity contribution in [1.29, 1.82) is 0 Å². The van der Waals surface area contributed by atoms with E-state index >= 15 is 0 Å². The number of amides is 2. The Morgan fingerprint density at radius 1 is 1.27 bits per heavy atom. The van der Waals surface area contributed by atoms with Gasteiger partial charge in [-0.05, 0) is 70.4 Å². The minimum atomic E-state index is -0.562. The van der Waals surface area contributed by atoms with Crippen LogP contribution in [-0.4, -0.2) is 46.3 Å². The third-order valence-corrected chi connectivity index (χ3v) is 6.89. The molecule has 0 spiro atoms. The number of nitrogens with zero attached hydrogens (tertiary/aromatic N) is 2. The number of aromatic amines is 1. The third kappa shape index (κ3) is 4.26. The highest BCUT2D eigenvalue weighted by Crippen LogP contribution is 2.31. The Balaban J connectivity index is 1.40. The maximum absolute atomic E-state index is 13.1. The van der Waals surface area contributed by atoms with Crippen LogP contribution in [0.1, 0.15) is 45.7 Å². The van der Waals surface area contributed by atoms with E-state index in [0.717, 1.165) is 36.1 Å². The molecule has 3 aromatic rings. The van der Waals surface area contributed by atoms with Crippen LogP contribution in [0, 0.1) is 19.3 Å². The van der Waals surface area contributed by atoms with Crippen LogP contribution < -0.4 is 5.32 Å². The number of aryl methyl sites for hydroxylation is 2. The van der Waals surface area contributed by atoms with Gasteiger partial charge >= 0.3 is 0 Å². The standard InChI is InChI=1S/C23H28N4O2S/c1-15-5-7-18(30-15)9-11-24-22(29)23(3)10-4-12-27(14-23)21(28)17-6-8-19-20(13-17)26-16(2)25-19/h5-8,13H,4,9-12,14H2,1-3H3,(H,24,29)(H,25,26)/t23-/m1/s1. The average molecular weight is 425 g/mol. The molecule has 1 atom stereocenters. The van der Waals surface area contributed by atoms with E-state index in [1.807, 2.05) is 36.9 Å². The van der Waals surface area contributed by atoms with Crippen molar-refractivity contribution in [3.8, 4) is 0 Å². The van der Waals surface area contributed by atoms with E-state index in [-0.39, 0.29) is 11.8 Å². The number of carbonyl (C=O) groups excluding carboxylic acids is 2. The predicted molar refractivity (Wildman–Crippen MR) is 120 cm³/mol. The first-order chi connectivity index (χ1) is 14.3. The van der Waals surface area contributed by atoms with Crippen LogP contribution >= 0.6 is 11.3 Å². The summed E-state index contributed by atoms with van der Waals surface area (Å²) in [5, 5.41) is 3.09. The topological polar surface area (TPSA) is 78.1 Å². The number of hydrogen-bond donors (Lipinski definition) is 2. The van der Waals surface area contributed by atoms with Crippen molar-refractivity contribution in [1.82, 2.24) is 20.2 Å². The number of thiophene rings is 1. The molecule has 7 heteroatoms. The Morgan fingerprint density at radius 3 is 2.87 bits per heavy atom. The fourth-order valence-corrected chi connectivity index (χ4v) is 5.07. The number of H-pyrrole nitrogens is 1. The van der Waals surface area contributed by atoms with E-state index in [4.69, 9.17) is 0 Å². The molecule has 3 heterocycles. The quantitative estimate of drug-likeness (QED) is 0.653. The summed E-state index contributed by atoms with van der Waals surface area (Å²) in [6.45, 7) is 7.70. The number of rotatable bonds is 5. The minimum absolute atomic E-state index is 0.0306. The summed E-state index contributed by atoms with van der Waals surface area (Å²) in [5.41, 5.74) is 1.78. The van der Waals surface area contributed by atoms with Crippen LogP contribution in [0.4, 0.5) is 0 Å². The number of imidazole rings is 1. The van der Waals surface area contributed by atoms with Gasteiger partial charge in [-0.25, -0.2) is 4.98 Å². The number of hydrogen-bond acceptors (Lipinski definition) is 4. The van der Waals surface area contributed by atoms with Crippen LogP contribution in [0.2, 0.25) is 0 Å². The smallest absolute Gasteiger partial charge is 0.253 e. The molecule has 0 radical (unpaired) electrons. The van der Waals surface area contributed by atoms with Crippen LogP contribution in [0.5, 0.6) is 0 Å². The first kappa shape index (κ1) is 20.6. The number of fused-ring (bicyclic) bond motifs is 1. The van der Waals surface area contributed by atoms with Gasteiger partial charge in [0.25, 0.3) is 5.91 Å². The lowest BCUT2D eigenvalue weighted by molar-refractivity contribution is -0.132. The molecule has 2 N–H and O–H groups in total. The summed E-state index contributed by atoms with van der Waals surface area (Å²) in [6.07, 6.45) is 2.46. The van der Waals surface area contributed by atoms with E-state index in [0.29, 0.717) is 25.2 Å². The van der Waals surface area contributed by atoms with E-state index in [1.165, 1.54) is 9.75 Å². The summed E-state index contributed by atoms with van der Waals surface area (Å²) in [7, 11) is 0. The van der Waals surface area contributed by atoms with E-state index in [2.05, 4.69) is 34.3 Å². The third-order valence-electron chi connectivity index (χ3n) is 5.83. The fourth-order valence-electron chi connectivity index (χ4n) is 4.18. The highest BCUT2D eigenvalue weighted by atomic mass is 32.1. The zero-order valence-electron chi connectivity index (χ0n) is 17.7. The second kappa shape index (κ2) is 8.22. The molecule has 0 saturated carbocycles. The van der Waals surface area contributed by atoms with Gasteiger partial charge < -0.3 is 15.2 Å². The Bertz CT molecular complexity index is 1090. The van der Waals surface area contributed by atoms with E-state index in [9.17, 15) is 9.59 Å². The van der Waals surface area contributed by atoms with Gasteiger partial charge in [0.05, 0.1) is 16.4 Å². The first-order valence-electron chi connectivity index (χ1n) is 10.4. The zero-order chi connectivity index (χ0) is 21.3. The molecule has 1 aromatic carbocycles. The van der Waals surface area contributed by atoms with Crippen molar-refractivity contribution in [2.75, 3.05) is 19.6 Å². The molecule has 1 aliphatic heterocycles.